The van der Waals surface area contributed by atoms with Crippen LogP contribution in [0.15, 0.2) is 12.4 Å². The van der Waals surface area contributed by atoms with E-state index in [0.717, 1.165) is 31.9 Å². The highest BCUT2D eigenvalue weighted by Gasteiger charge is 2.35. The smallest absolute Gasteiger partial charge is 0.156 e. The molecule has 1 fully saturated rings. The minimum atomic E-state index is 0.358. The van der Waals surface area contributed by atoms with Crippen molar-refractivity contribution in [2.45, 2.75) is 13.3 Å². The van der Waals surface area contributed by atoms with Gasteiger partial charge in [-0.3, -0.25) is 5.10 Å². The summed E-state index contributed by atoms with van der Waals surface area (Å²) in [4.78, 5) is 0. The van der Waals surface area contributed by atoms with Crippen molar-refractivity contribution in [3.05, 3.63) is 12.4 Å². The van der Waals surface area contributed by atoms with Crippen molar-refractivity contribution in [2.24, 2.45) is 5.41 Å². The molecule has 2 rings (SSSR count). The van der Waals surface area contributed by atoms with Gasteiger partial charge in [-0.25, -0.2) is 0 Å². The molecular weight excluding hydrogens is 166 g/mol. The Morgan fingerprint density at radius 1 is 1.62 bits per heavy atom. The van der Waals surface area contributed by atoms with Gasteiger partial charge in [0.2, 0.25) is 0 Å². The molecule has 2 N–H and O–H groups in total. The molecule has 0 saturated carbocycles. The van der Waals surface area contributed by atoms with Crippen LogP contribution in [0, 0.1) is 5.41 Å². The molecule has 0 unspecified atom stereocenters. The highest BCUT2D eigenvalue weighted by atomic mass is 16.5. The normalized spacial score (nSPS) is 19.5. The van der Waals surface area contributed by atoms with Crippen molar-refractivity contribution in [1.82, 2.24) is 15.5 Å². The van der Waals surface area contributed by atoms with Gasteiger partial charge in [0.05, 0.1) is 19.0 Å². The van der Waals surface area contributed by atoms with Crippen LogP contribution in [0.1, 0.15) is 13.3 Å². The van der Waals surface area contributed by atoms with E-state index in [9.17, 15) is 0 Å². The molecule has 0 aliphatic carbocycles. The lowest BCUT2D eigenvalue weighted by Gasteiger charge is -2.41. The Bertz CT molecular complexity index is 248. The molecule has 1 aromatic heterocycles. The van der Waals surface area contributed by atoms with Gasteiger partial charge in [0, 0.05) is 18.5 Å². The van der Waals surface area contributed by atoms with Crippen molar-refractivity contribution in [3.8, 4) is 5.75 Å². The third-order valence-electron chi connectivity index (χ3n) is 2.77. The fourth-order valence-electron chi connectivity index (χ4n) is 1.49. The monoisotopic (exact) mass is 181 g/mol. The summed E-state index contributed by atoms with van der Waals surface area (Å²) in [6, 6.07) is 0. The number of aromatic nitrogens is 2. The van der Waals surface area contributed by atoms with E-state index in [1.807, 2.05) is 0 Å². The number of H-pyrrole nitrogens is 1. The molecule has 2 heterocycles. The third kappa shape index (κ3) is 1.67. The van der Waals surface area contributed by atoms with Crippen LogP contribution in [0.2, 0.25) is 0 Å². The predicted molar refractivity (Wildman–Crippen MR) is 49.7 cm³/mol. The number of hydrogen-bond acceptors (Lipinski definition) is 3. The summed E-state index contributed by atoms with van der Waals surface area (Å²) in [5, 5.41) is 9.84. The first-order chi connectivity index (χ1) is 6.35. The fourth-order valence-corrected chi connectivity index (χ4v) is 1.49. The van der Waals surface area contributed by atoms with Gasteiger partial charge < -0.3 is 10.1 Å². The molecule has 1 saturated heterocycles. The van der Waals surface area contributed by atoms with Gasteiger partial charge >= 0.3 is 0 Å². The molecule has 0 amide bonds. The van der Waals surface area contributed by atoms with Gasteiger partial charge in [-0.15, -0.1) is 0 Å². The van der Waals surface area contributed by atoms with Crippen molar-refractivity contribution in [3.63, 3.8) is 0 Å². The van der Waals surface area contributed by atoms with Gasteiger partial charge in [0.15, 0.2) is 5.75 Å². The van der Waals surface area contributed by atoms with Crippen LogP contribution in [-0.2, 0) is 0 Å². The number of rotatable bonds is 4. The maximum Gasteiger partial charge on any atom is 0.156 e. The molecule has 1 aliphatic heterocycles. The number of nitrogens with one attached hydrogen (secondary N) is 2. The SMILES string of the molecule is CCC1(COc2cn[nH]c2)CNC1. The second-order valence-corrected chi connectivity index (χ2v) is 3.68. The summed E-state index contributed by atoms with van der Waals surface area (Å²) in [5.41, 5.74) is 0.358. The maximum absolute atomic E-state index is 5.61. The summed E-state index contributed by atoms with van der Waals surface area (Å²) in [6.45, 7) is 5.14. The Hall–Kier alpha value is -1.03. The summed E-state index contributed by atoms with van der Waals surface area (Å²) >= 11 is 0. The summed E-state index contributed by atoms with van der Waals surface area (Å²) in [7, 11) is 0. The molecule has 0 bridgehead atoms. The zero-order valence-electron chi connectivity index (χ0n) is 7.84. The van der Waals surface area contributed by atoms with Crippen LogP contribution in [0.5, 0.6) is 5.75 Å². The van der Waals surface area contributed by atoms with E-state index < -0.39 is 0 Å². The molecule has 0 spiro atoms. The van der Waals surface area contributed by atoms with E-state index in [0.29, 0.717) is 5.41 Å². The Morgan fingerprint density at radius 3 is 2.92 bits per heavy atom. The van der Waals surface area contributed by atoms with Crippen LogP contribution in [-0.4, -0.2) is 29.9 Å². The number of nitrogens with zero attached hydrogens (tertiary/aromatic N) is 1. The van der Waals surface area contributed by atoms with E-state index in [1.54, 1.807) is 12.4 Å². The van der Waals surface area contributed by atoms with E-state index in [2.05, 4.69) is 22.4 Å². The standard InChI is InChI=1S/C9H15N3O/c1-2-9(5-10-6-9)7-13-8-3-11-12-4-8/h3-4,10H,2,5-7H2,1H3,(H,11,12). The van der Waals surface area contributed by atoms with Gasteiger partial charge in [-0.05, 0) is 6.42 Å². The number of hydrogen-bond donors (Lipinski definition) is 2. The first-order valence-electron chi connectivity index (χ1n) is 4.67. The van der Waals surface area contributed by atoms with Gasteiger partial charge in [-0.2, -0.15) is 5.10 Å². The highest BCUT2D eigenvalue weighted by Crippen LogP contribution is 2.27. The van der Waals surface area contributed by atoms with E-state index >= 15 is 0 Å². The van der Waals surface area contributed by atoms with Gasteiger partial charge in [0.1, 0.15) is 0 Å². The zero-order chi connectivity index (χ0) is 9.15. The Balaban J connectivity index is 1.84. The van der Waals surface area contributed by atoms with Gasteiger partial charge in [0.25, 0.3) is 0 Å². The molecule has 0 atom stereocenters. The van der Waals surface area contributed by atoms with Gasteiger partial charge in [-0.1, -0.05) is 6.92 Å². The topological polar surface area (TPSA) is 49.9 Å². The molecule has 0 radical (unpaired) electrons. The summed E-state index contributed by atoms with van der Waals surface area (Å²) < 4.78 is 5.61. The Labute approximate surface area is 77.7 Å². The quantitative estimate of drug-likeness (QED) is 0.722. The van der Waals surface area contributed by atoms with Crippen LogP contribution < -0.4 is 10.1 Å². The molecule has 1 aromatic rings. The van der Waals surface area contributed by atoms with Crippen molar-refractivity contribution < 1.29 is 4.74 Å². The lowest BCUT2D eigenvalue weighted by Crippen LogP contribution is -2.56. The minimum absolute atomic E-state index is 0.358. The van der Waals surface area contributed by atoms with E-state index in [1.165, 1.54) is 0 Å². The number of ether oxygens (including phenoxy) is 1. The lowest BCUT2D eigenvalue weighted by atomic mass is 9.80. The Kier molecular flexibility index (Phi) is 2.22. The Morgan fingerprint density at radius 2 is 2.46 bits per heavy atom. The fraction of sp³-hybridized carbons (Fsp3) is 0.667. The van der Waals surface area contributed by atoms with Crippen molar-refractivity contribution in [1.29, 1.82) is 0 Å². The average Bonchev–Trinajstić information content (AvgIpc) is 2.56. The van der Waals surface area contributed by atoms with Crippen molar-refractivity contribution in [2.75, 3.05) is 19.7 Å². The molecule has 1 aliphatic rings. The molecular formula is C9H15N3O. The maximum atomic E-state index is 5.61. The van der Waals surface area contributed by atoms with E-state index in [-0.39, 0.29) is 0 Å². The average molecular weight is 181 g/mol. The zero-order valence-corrected chi connectivity index (χ0v) is 7.84. The lowest BCUT2D eigenvalue weighted by molar-refractivity contribution is 0.0784. The molecule has 4 nitrogen and oxygen atoms in total. The molecule has 13 heavy (non-hydrogen) atoms. The molecule has 72 valence electrons. The largest absolute Gasteiger partial charge is 0.490 e. The van der Waals surface area contributed by atoms with Crippen molar-refractivity contribution >= 4 is 0 Å². The van der Waals surface area contributed by atoms with E-state index in [4.69, 9.17) is 4.74 Å². The second kappa shape index (κ2) is 3.38. The van der Waals surface area contributed by atoms with Crippen LogP contribution in [0.25, 0.3) is 0 Å². The molecule has 4 heteroatoms. The summed E-state index contributed by atoms with van der Waals surface area (Å²) in [6.07, 6.45) is 4.64. The van der Waals surface area contributed by atoms with Crippen LogP contribution >= 0.6 is 0 Å². The summed E-state index contributed by atoms with van der Waals surface area (Å²) in [5.74, 6) is 0.833. The second-order valence-electron chi connectivity index (χ2n) is 3.68. The predicted octanol–water partition coefficient (Wildman–Crippen LogP) is 0.788. The first kappa shape index (κ1) is 8.56. The molecule has 0 aromatic carbocycles. The highest BCUT2D eigenvalue weighted by molar-refractivity contribution is 5.10. The number of aromatic amines is 1. The van der Waals surface area contributed by atoms with Crippen LogP contribution in [0.4, 0.5) is 0 Å². The van der Waals surface area contributed by atoms with Crippen LogP contribution in [0.3, 0.4) is 0 Å². The first-order valence-corrected chi connectivity index (χ1v) is 4.67. The minimum Gasteiger partial charge on any atom is -0.490 e. The third-order valence-corrected chi connectivity index (χ3v) is 2.77.